The molecule has 4 aromatic heterocycles. The molecule has 1 amide bonds. The van der Waals surface area contributed by atoms with Crippen molar-refractivity contribution in [2.75, 3.05) is 57.5 Å². The number of hydrogen-bond acceptors (Lipinski definition) is 10. The molecular weight excluding hydrogens is 574 g/mol. The van der Waals surface area contributed by atoms with E-state index in [1.165, 1.54) is 7.11 Å². The van der Waals surface area contributed by atoms with Gasteiger partial charge in [-0.2, -0.15) is 10.2 Å². The first-order chi connectivity index (χ1) is 20.8. The molecule has 14 nitrogen and oxygen atoms in total. The Kier molecular flexibility index (Phi) is 7.92. The molecule has 0 bridgehead atoms. The molecule has 0 atom stereocenters. The second-order valence-corrected chi connectivity index (χ2v) is 11.9. The Morgan fingerprint density at radius 1 is 1.14 bits per heavy atom. The number of methoxy groups -OCH3 is 1. The molecule has 1 fully saturated rings. The van der Waals surface area contributed by atoms with Crippen LogP contribution in [0.2, 0.25) is 0 Å². The molecule has 5 aromatic rings. The number of benzene rings is 1. The predicted molar refractivity (Wildman–Crippen MR) is 160 cm³/mol. The van der Waals surface area contributed by atoms with Crippen molar-refractivity contribution in [3.05, 3.63) is 60.8 Å². The number of carbonyl (C=O) groups excluding carboxylic acids is 1. The van der Waals surface area contributed by atoms with Crippen LogP contribution >= 0.6 is 0 Å². The van der Waals surface area contributed by atoms with Gasteiger partial charge in [0.25, 0.3) is 0 Å². The molecule has 0 aliphatic carbocycles. The van der Waals surface area contributed by atoms with Crippen LogP contribution in [0.1, 0.15) is 5.69 Å². The lowest BCUT2D eigenvalue weighted by Crippen LogP contribution is -2.41. The number of hydrogen-bond donors (Lipinski definition) is 2. The molecule has 1 aromatic carbocycles. The summed E-state index contributed by atoms with van der Waals surface area (Å²) in [6, 6.07) is 8.58. The highest BCUT2D eigenvalue weighted by Gasteiger charge is 2.21. The number of sulfonamides is 1. The molecule has 0 spiro atoms. The van der Waals surface area contributed by atoms with Crippen LogP contribution in [0.4, 0.5) is 5.69 Å². The summed E-state index contributed by atoms with van der Waals surface area (Å²) in [5.74, 6) is 0.228. The quantitative estimate of drug-likeness (QED) is 0.239. The van der Waals surface area contributed by atoms with Crippen LogP contribution in [0.15, 0.2) is 55.1 Å². The average Bonchev–Trinajstić information content (AvgIpc) is 3.58. The van der Waals surface area contributed by atoms with Crippen molar-refractivity contribution in [3.8, 4) is 22.7 Å². The van der Waals surface area contributed by atoms with Gasteiger partial charge in [-0.1, -0.05) is 0 Å². The SMILES string of the molecule is COc1cc(NS(C)(=O)=O)ccc1-n1nc(CC(=O)NCCN2CCOCC2)c2cnc(-c3cnn4cccnc34)cc21. The first-order valence-corrected chi connectivity index (χ1v) is 15.6. The molecule has 43 heavy (non-hydrogen) atoms. The lowest BCUT2D eigenvalue weighted by molar-refractivity contribution is -0.120. The number of fused-ring (bicyclic) bond motifs is 2. The van der Waals surface area contributed by atoms with Gasteiger partial charge >= 0.3 is 0 Å². The van der Waals surface area contributed by atoms with Gasteiger partial charge in [-0.15, -0.1) is 0 Å². The molecule has 15 heteroatoms. The van der Waals surface area contributed by atoms with Crippen LogP contribution in [0, 0.1) is 0 Å². The van der Waals surface area contributed by atoms with E-state index in [-0.39, 0.29) is 12.3 Å². The van der Waals surface area contributed by atoms with Gasteiger partial charge in [-0.3, -0.25) is 19.4 Å². The van der Waals surface area contributed by atoms with Gasteiger partial charge in [-0.05, 0) is 24.3 Å². The van der Waals surface area contributed by atoms with Gasteiger partial charge in [0.05, 0.1) is 67.4 Å². The third-order valence-electron chi connectivity index (χ3n) is 7.09. The lowest BCUT2D eigenvalue weighted by atomic mass is 10.1. The van der Waals surface area contributed by atoms with Crippen molar-refractivity contribution in [2.45, 2.75) is 6.42 Å². The zero-order chi connectivity index (χ0) is 30.0. The molecule has 1 aliphatic rings. The average molecular weight is 606 g/mol. The molecule has 0 radical (unpaired) electrons. The molecule has 1 saturated heterocycles. The predicted octanol–water partition coefficient (Wildman–Crippen LogP) is 1.50. The number of amides is 1. The van der Waals surface area contributed by atoms with E-state index in [2.05, 4.69) is 30.0 Å². The first-order valence-electron chi connectivity index (χ1n) is 13.7. The Bertz CT molecular complexity index is 1900. The van der Waals surface area contributed by atoms with Gasteiger partial charge in [-0.25, -0.2) is 22.6 Å². The number of aromatic nitrogens is 6. The molecular formula is C28H31N9O5S. The van der Waals surface area contributed by atoms with Crippen molar-refractivity contribution in [2.24, 2.45) is 0 Å². The summed E-state index contributed by atoms with van der Waals surface area (Å²) in [7, 11) is -2.00. The smallest absolute Gasteiger partial charge is 0.229 e. The standard InChI is InChI=1S/C28H31N9O5S/c1-41-26-14-19(34-43(2,39)40)4-5-24(26)37-25-15-22(21-18-32-36-8-3-6-30-28(21)36)31-17-20(25)23(33-37)16-27(38)29-7-9-35-10-12-42-13-11-35/h3-6,8,14-15,17-18,34H,7,9-13,16H2,1-2H3,(H,29,38). The summed E-state index contributed by atoms with van der Waals surface area (Å²) >= 11 is 0. The monoisotopic (exact) mass is 605 g/mol. The molecule has 224 valence electrons. The Morgan fingerprint density at radius 2 is 1.98 bits per heavy atom. The Morgan fingerprint density at radius 3 is 2.77 bits per heavy atom. The lowest BCUT2D eigenvalue weighted by Gasteiger charge is -2.26. The van der Waals surface area contributed by atoms with E-state index in [4.69, 9.17) is 14.6 Å². The maximum absolute atomic E-state index is 13.0. The van der Waals surface area contributed by atoms with Crippen molar-refractivity contribution < 1.29 is 22.7 Å². The van der Waals surface area contributed by atoms with E-state index in [0.29, 0.717) is 64.8 Å². The molecule has 1 aliphatic heterocycles. The number of morpholine rings is 1. The van der Waals surface area contributed by atoms with E-state index >= 15 is 0 Å². The zero-order valence-corrected chi connectivity index (χ0v) is 24.5. The summed E-state index contributed by atoms with van der Waals surface area (Å²) in [5, 5.41) is 12.9. The number of ether oxygens (including phenoxy) is 2. The molecule has 0 saturated carbocycles. The summed E-state index contributed by atoms with van der Waals surface area (Å²) in [4.78, 5) is 24.4. The van der Waals surface area contributed by atoms with Crippen molar-refractivity contribution in [1.29, 1.82) is 0 Å². The summed E-state index contributed by atoms with van der Waals surface area (Å²) in [5.41, 5.74) is 4.12. The van der Waals surface area contributed by atoms with Gasteiger partial charge in [0.15, 0.2) is 5.65 Å². The fourth-order valence-electron chi connectivity index (χ4n) is 5.06. The minimum Gasteiger partial charge on any atom is -0.494 e. The van der Waals surface area contributed by atoms with Gasteiger partial charge in [0.1, 0.15) is 11.4 Å². The number of nitrogens with zero attached hydrogens (tertiary/aromatic N) is 7. The maximum atomic E-state index is 13.0. The molecule has 0 unspecified atom stereocenters. The van der Waals surface area contributed by atoms with E-state index in [1.54, 1.807) is 58.3 Å². The van der Waals surface area contributed by atoms with Crippen LogP contribution in [0.3, 0.4) is 0 Å². The Hall–Kier alpha value is -4.60. The summed E-state index contributed by atoms with van der Waals surface area (Å²) < 4.78 is 40.5. The van der Waals surface area contributed by atoms with Gasteiger partial charge in [0, 0.05) is 56.2 Å². The largest absolute Gasteiger partial charge is 0.494 e. The summed E-state index contributed by atoms with van der Waals surface area (Å²) in [6.45, 7) is 4.36. The Balaban J connectivity index is 1.37. The van der Waals surface area contributed by atoms with E-state index in [0.717, 1.165) is 31.5 Å². The van der Waals surface area contributed by atoms with Crippen LogP contribution in [0.25, 0.3) is 33.5 Å². The first kappa shape index (κ1) is 28.5. The van der Waals surface area contributed by atoms with Crippen LogP contribution in [0.5, 0.6) is 5.75 Å². The van der Waals surface area contributed by atoms with E-state index in [9.17, 15) is 13.2 Å². The minimum atomic E-state index is -3.49. The van der Waals surface area contributed by atoms with E-state index < -0.39 is 10.0 Å². The normalized spacial score (nSPS) is 14.3. The van der Waals surface area contributed by atoms with Crippen LogP contribution in [-0.2, 0) is 26.0 Å². The second kappa shape index (κ2) is 11.9. The Labute approximate surface area is 247 Å². The van der Waals surface area contributed by atoms with Crippen molar-refractivity contribution in [3.63, 3.8) is 0 Å². The van der Waals surface area contributed by atoms with Crippen molar-refractivity contribution >= 4 is 38.2 Å². The number of carbonyl (C=O) groups is 1. The van der Waals surface area contributed by atoms with E-state index in [1.807, 2.05) is 6.07 Å². The van der Waals surface area contributed by atoms with Crippen LogP contribution in [-0.4, -0.2) is 101 Å². The number of pyridine rings is 1. The van der Waals surface area contributed by atoms with Crippen LogP contribution < -0.4 is 14.8 Å². The highest BCUT2D eigenvalue weighted by molar-refractivity contribution is 7.92. The fraction of sp³-hybridized carbons (Fsp3) is 0.321. The number of nitrogens with one attached hydrogen (secondary N) is 2. The second-order valence-electron chi connectivity index (χ2n) is 10.1. The third kappa shape index (κ3) is 6.28. The summed E-state index contributed by atoms with van der Waals surface area (Å²) in [6.07, 6.45) is 8.02. The number of anilines is 1. The minimum absolute atomic E-state index is 0.0436. The zero-order valence-electron chi connectivity index (χ0n) is 23.7. The fourth-order valence-corrected chi connectivity index (χ4v) is 5.62. The van der Waals surface area contributed by atoms with Crippen molar-refractivity contribution in [1.82, 2.24) is 39.6 Å². The van der Waals surface area contributed by atoms with Gasteiger partial charge in [0.2, 0.25) is 15.9 Å². The highest BCUT2D eigenvalue weighted by atomic mass is 32.2. The molecule has 2 N–H and O–H groups in total. The third-order valence-corrected chi connectivity index (χ3v) is 7.70. The highest BCUT2D eigenvalue weighted by Crippen LogP contribution is 2.33. The van der Waals surface area contributed by atoms with Gasteiger partial charge < -0.3 is 14.8 Å². The maximum Gasteiger partial charge on any atom is 0.229 e. The molecule has 5 heterocycles. The molecule has 6 rings (SSSR count). The number of rotatable bonds is 10. The topological polar surface area (TPSA) is 158 Å².